The fourth-order valence-corrected chi connectivity index (χ4v) is 5.27. The molecule has 0 saturated carbocycles. The molecule has 3 atom stereocenters. The van der Waals surface area contributed by atoms with E-state index in [9.17, 15) is 14.0 Å². The van der Waals surface area contributed by atoms with Gasteiger partial charge < -0.3 is 10.2 Å². The van der Waals surface area contributed by atoms with E-state index in [1.807, 2.05) is 37.3 Å². The van der Waals surface area contributed by atoms with Crippen molar-refractivity contribution in [2.75, 3.05) is 5.75 Å². The van der Waals surface area contributed by atoms with E-state index in [4.69, 9.17) is 11.6 Å². The molecule has 1 heterocycles. The first-order valence-corrected chi connectivity index (χ1v) is 11.7. The Morgan fingerprint density at radius 1 is 1.03 bits per heavy atom. The first kappa shape index (κ1) is 22.4. The van der Waals surface area contributed by atoms with Crippen LogP contribution in [0.1, 0.15) is 39.8 Å². The third-order valence-corrected chi connectivity index (χ3v) is 7.02. The standard InChI is InChI=1S/C25H22ClFN2O2S/c1-16(17-5-3-2-4-6-17)28-23(30)22-15-32-25(19-9-13-21(27)14-10-19)29(22)24(31)18-7-11-20(26)12-8-18/h2-14,16,22,25H,15H2,1H3,(H,28,30). The van der Waals surface area contributed by atoms with Crippen molar-refractivity contribution in [1.29, 1.82) is 0 Å². The molecule has 0 aliphatic carbocycles. The van der Waals surface area contributed by atoms with Gasteiger partial charge in [0.25, 0.3) is 5.91 Å². The Labute approximate surface area is 195 Å². The van der Waals surface area contributed by atoms with Gasteiger partial charge in [-0.15, -0.1) is 11.8 Å². The van der Waals surface area contributed by atoms with Gasteiger partial charge in [-0.3, -0.25) is 9.59 Å². The molecule has 0 bridgehead atoms. The van der Waals surface area contributed by atoms with Crippen LogP contribution in [0, 0.1) is 5.82 Å². The van der Waals surface area contributed by atoms with Gasteiger partial charge in [-0.05, 0) is 54.4 Å². The quantitative estimate of drug-likeness (QED) is 0.529. The predicted octanol–water partition coefficient (Wildman–Crippen LogP) is 5.61. The summed E-state index contributed by atoms with van der Waals surface area (Å²) in [4.78, 5) is 28.3. The second-order valence-corrected chi connectivity index (χ2v) is 9.16. The van der Waals surface area contributed by atoms with Gasteiger partial charge in [0.2, 0.25) is 5.91 Å². The van der Waals surface area contributed by atoms with Crippen molar-refractivity contribution < 1.29 is 14.0 Å². The van der Waals surface area contributed by atoms with Crippen LogP contribution < -0.4 is 5.32 Å². The third kappa shape index (κ3) is 4.81. The minimum absolute atomic E-state index is 0.203. The van der Waals surface area contributed by atoms with Gasteiger partial charge in [0.05, 0.1) is 6.04 Å². The summed E-state index contributed by atoms with van der Waals surface area (Å²) < 4.78 is 13.5. The Hall–Kier alpha value is -2.83. The summed E-state index contributed by atoms with van der Waals surface area (Å²) in [7, 11) is 0. The first-order chi connectivity index (χ1) is 15.4. The highest BCUT2D eigenvalue weighted by Crippen LogP contribution is 2.42. The molecule has 1 aliphatic rings. The molecule has 0 radical (unpaired) electrons. The number of hydrogen-bond acceptors (Lipinski definition) is 3. The maximum absolute atomic E-state index is 13.5. The zero-order chi connectivity index (χ0) is 22.7. The molecule has 0 aromatic heterocycles. The van der Waals surface area contributed by atoms with E-state index < -0.39 is 11.4 Å². The second kappa shape index (κ2) is 9.76. The van der Waals surface area contributed by atoms with Gasteiger partial charge in [0.1, 0.15) is 17.2 Å². The van der Waals surface area contributed by atoms with Crippen LogP contribution in [0.4, 0.5) is 4.39 Å². The zero-order valence-corrected chi connectivity index (χ0v) is 18.9. The molecule has 4 nitrogen and oxygen atoms in total. The van der Waals surface area contributed by atoms with Gasteiger partial charge in [-0.1, -0.05) is 54.1 Å². The molecule has 4 rings (SSSR count). The Morgan fingerprint density at radius 3 is 2.34 bits per heavy atom. The summed E-state index contributed by atoms with van der Waals surface area (Å²) in [6.07, 6.45) is 0. The van der Waals surface area contributed by atoms with Gasteiger partial charge in [-0.25, -0.2) is 4.39 Å². The highest BCUT2D eigenvalue weighted by atomic mass is 35.5. The topological polar surface area (TPSA) is 49.4 Å². The third-order valence-electron chi connectivity index (χ3n) is 5.44. The number of nitrogens with zero attached hydrogens (tertiary/aromatic N) is 1. The van der Waals surface area contributed by atoms with Crippen LogP contribution in [0.2, 0.25) is 5.02 Å². The number of carbonyl (C=O) groups is 2. The summed E-state index contributed by atoms with van der Waals surface area (Å²) in [5.74, 6) is -0.401. The summed E-state index contributed by atoms with van der Waals surface area (Å²) in [6.45, 7) is 1.91. The maximum atomic E-state index is 13.5. The Balaban J connectivity index is 1.62. The summed E-state index contributed by atoms with van der Waals surface area (Å²) in [5, 5.41) is 3.16. The highest BCUT2D eigenvalue weighted by molar-refractivity contribution is 7.99. The lowest BCUT2D eigenvalue weighted by Gasteiger charge is -2.30. The number of halogens is 2. The number of nitrogens with one attached hydrogen (secondary N) is 1. The van der Waals surface area contributed by atoms with E-state index in [0.717, 1.165) is 11.1 Å². The van der Waals surface area contributed by atoms with E-state index in [1.165, 1.54) is 23.9 Å². The van der Waals surface area contributed by atoms with Gasteiger partial charge in [-0.2, -0.15) is 0 Å². The number of carbonyl (C=O) groups excluding carboxylic acids is 2. The number of thioether (sulfide) groups is 1. The van der Waals surface area contributed by atoms with Crippen molar-refractivity contribution >= 4 is 35.2 Å². The lowest BCUT2D eigenvalue weighted by atomic mass is 10.1. The lowest BCUT2D eigenvalue weighted by molar-refractivity contribution is -0.125. The van der Waals surface area contributed by atoms with E-state index in [1.54, 1.807) is 41.3 Å². The van der Waals surface area contributed by atoms with Crippen molar-refractivity contribution in [1.82, 2.24) is 10.2 Å². The molecule has 32 heavy (non-hydrogen) atoms. The molecular weight excluding hydrogens is 447 g/mol. The Bertz CT molecular complexity index is 1090. The summed E-state index contributed by atoms with van der Waals surface area (Å²) in [6, 6.07) is 21.4. The minimum Gasteiger partial charge on any atom is -0.348 e. The SMILES string of the molecule is CC(NC(=O)C1CSC(c2ccc(F)cc2)N1C(=O)c1ccc(Cl)cc1)c1ccccc1. The highest BCUT2D eigenvalue weighted by Gasteiger charge is 2.42. The average Bonchev–Trinajstić information content (AvgIpc) is 3.25. The van der Waals surface area contributed by atoms with Gasteiger partial charge in [0.15, 0.2) is 0 Å². The van der Waals surface area contributed by atoms with Crippen molar-refractivity contribution in [3.05, 3.63) is 106 Å². The van der Waals surface area contributed by atoms with Gasteiger partial charge >= 0.3 is 0 Å². The van der Waals surface area contributed by atoms with Crippen LogP contribution in [-0.4, -0.2) is 28.5 Å². The predicted molar refractivity (Wildman–Crippen MR) is 126 cm³/mol. The molecule has 2 amide bonds. The van der Waals surface area contributed by atoms with Crippen LogP contribution in [0.15, 0.2) is 78.9 Å². The van der Waals surface area contributed by atoms with E-state index >= 15 is 0 Å². The Morgan fingerprint density at radius 2 is 1.69 bits per heavy atom. The lowest BCUT2D eigenvalue weighted by Crippen LogP contribution is -2.48. The molecular formula is C25H22ClFN2O2S. The molecule has 1 aliphatic heterocycles. The summed E-state index contributed by atoms with van der Waals surface area (Å²) >= 11 is 7.47. The monoisotopic (exact) mass is 468 g/mol. The molecule has 3 aromatic carbocycles. The molecule has 3 aromatic rings. The minimum atomic E-state index is -0.663. The molecule has 3 unspecified atom stereocenters. The molecule has 1 N–H and O–H groups in total. The molecule has 1 saturated heterocycles. The van der Waals surface area contributed by atoms with Crippen LogP contribution in [0.5, 0.6) is 0 Å². The van der Waals surface area contributed by atoms with Gasteiger partial charge in [0, 0.05) is 16.3 Å². The smallest absolute Gasteiger partial charge is 0.255 e. The van der Waals surface area contributed by atoms with Crippen LogP contribution >= 0.6 is 23.4 Å². The molecule has 1 fully saturated rings. The van der Waals surface area contributed by atoms with Crippen molar-refractivity contribution in [2.45, 2.75) is 24.4 Å². The number of rotatable bonds is 5. The van der Waals surface area contributed by atoms with Crippen molar-refractivity contribution in [2.24, 2.45) is 0 Å². The van der Waals surface area contributed by atoms with E-state index in [2.05, 4.69) is 5.32 Å². The van der Waals surface area contributed by atoms with Crippen LogP contribution in [-0.2, 0) is 4.79 Å². The maximum Gasteiger partial charge on any atom is 0.255 e. The normalized spacial score (nSPS) is 18.9. The zero-order valence-electron chi connectivity index (χ0n) is 17.4. The number of amides is 2. The van der Waals surface area contributed by atoms with Crippen molar-refractivity contribution in [3.8, 4) is 0 Å². The Kier molecular flexibility index (Phi) is 6.82. The number of benzene rings is 3. The van der Waals surface area contributed by atoms with Crippen molar-refractivity contribution in [3.63, 3.8) is 0 Å². The second-order valence-electron chi connectivity index (χ2n) is 7.61. The average molecular weight is 469 g/mol. The first-order valence-electron chi connectivity index (χ1n) is 10.2. The number of hydrogen-bond donors (Lipinski definition) is 1. The van der Waals surface area contributed by atoms with E-state index in [0.29, 0.717) is 16.3 Å². The van der Waals surface area contributed by atoms with E-state index in [-0.39, 0.29) is 23.7 Å². The van der Waals surface area contributed by atoms with Crippen LogP contribution in [0.3, 0.4) is 0 Å². The van der Waals surface area contributed by atoms with Crippen LogP contribution in [0.25, 0.3) is 0 Å². The summed E-state index contributed by atoms with van der Waals surface area (Å²) in [5.41, 5.74) is 2.19. The molecule has 164 valence electrons. The molecule has 0 spiro atoms. The fourth-order valence-electron chi connectivity index (χ4n) is 3.72. The molecule has 7 heteroatoms. The fraction of sp³-hybridized carbons (Fsp3) is 0.200. The largest absolute Gasteiger partial charge is 0.348 e.